The average Bonchev–Trinajstić information content (AvgIpc) is 3.19. The van der Waals surface area contributed by atoms with Gasteiger partial charge in [0.1, 0.15) is 17.0 Å². The number of carbonyl (C=O) groups is 1. The number of hydrogen-bond donors (Lipinski definition) is 0. The van der Waals surface area contributed by atoms with Crippen LogP contribution in [0.2, 0.25) is 0 Å². The van der Waals surface area contributed by atoms with Crippen LogP contribution in [0.5, 0.6) is 0 Å². The van der Waals surface area contributed by atoms with Crippen LogP contribution < -0.4 is 4.59 Å². The van der Waals surface area contributed by atoms with Gasteiger partial charge in [-0.1, -0.05) is 18.1 Å². The fraction of sp³-hybridized carbons (Fsp3) is 0.455. The van der Waals surface area contributed by atoms with Crippen molar-refractivity contribution >= 4 is 18.0 Å². The molecule has 1 aromatic carbocycles. The largest absolute Gasteiger partial charge is 0.444 e. The van der Waals surface area contributed by atoms with E-state index in [2.05, 4.69) is 6.08 Å². The number of nitrogens with zero attached hydrogens (tertiary/aromatic N) is 3. The fourth-order valence-corrected chi connectivity index (χ4v) is 4.80. The van der Waals surface area contributed by atoms with E-state index in [1.165, 1.54) is 29.0 Å². The molecule has 1 saturated heterocycles. The summed E-state index contributed by atoms with van der Waals surface area (Å²) >= 11 is 0. The Balaban J connectivity index is 0.00000192. The van der Waals surface area contributed by atoms with Gasteiger partial charge in [0.25, 0.3) is 0 Å². The number of amides is 1. The van der Waals surface area contributed by atoms with E-state index in [4.69, 9.17) is 9.84 Å². The zero-order valence-electron chi connectivity index (χ0n) is 15.8. The summed E-state index contributed by atoms with van der Waals surface area (Å²) in [6.07, 6.45) is 4.81. The number of benzene rings is 1. The Morgan fingerprint density at radius 3 is 2.68 bits per heavy atom. The van der Waals surface area contributed by atoms with Gasteiger partial charge < -0.3 is 9.64 Å². The number of allylic oxidation sites excluding steroid dienone is 1. The lowest BCUT2D eigenvalue weighted by atomic mass is 9.71. The van der Waals surface area contributed by atoms with Gasteiger partial charge in [-0.25, -0.2) is 9.18 Å². The molecule has 7 rings (SSSR count). The van der Waals surface area contributed by atoms with E-state index in [1.54, 1.807) is 0 Å². The van der Waals surface area contributed by atoms with Gasteiger partial charge in [-0.05, 0) is 39.3 Å². The number of quaternary nitrogens is 1. The molecule has 6 aliphatic rings. The molecule has 6 heteroatoms. The number of carbonyl (C=O) groups excluding carboxylic acids is 1. The minimum Gasteiger partial charge on any atom is -0.444 e. The van der Waals surface area contributed by atoms with Crippen LogP contribution in [0.4, 0.5) is 14.9 Å². The van der Waals surface area contributed by atoms with Crippen LogP contribution in [0.25, 0.3) is 0 Å². The first-order valence-electron chi connectivity index (χ1n) is 9.43. The zero-order chi connectivity index (χ0) is 19.0. The Morgan fingerprint density at radius 1 is 1.29 bits per heavy atom. The van der Waals surface area contributed by atoms with Crippen LogP contribution in [0, 0.1) is 11.7 Å². The summed E-state index contributed by atoms with van der Waals surface area (Å²) in [5, 5.41) is 4.78. The summed E-state index contributed by atoms with van der Waals surface area (Å²) < 4.78 is 19.4. The monoisotopic (exact) mass is 384 g/mol. The van der Waals surface area contributed by atoms with E-state index in [0.717, 1.165) is 12.1 Å². The van der Waals surface area contributed by atoms with Gasteiger partial charge in [0, 0.05) is 31.3 Å². The Bertz CT molecular complexity index is 926. The van der Waals surface area contributed by atoms with Crippen molar-refractivity contribution in [2.75, 3.05) is 13.1 Å². The molecule has 3 unspecified atom stereocenters. The van der Waals surface area contributed by atoms with E-state index in [0.29, 0.717) is 17.7 Å². The highest BCUT2D eigenvalue weighted by atomic mass is 19.1. The third-order valence-electron chi connectivity index (χ3n) is 5.90. The molecule has 5 aliphatic heterocycles. The number of hydrogen-bond acceptors (Lipinski definition) is 3. The lowest BCUT2D eigenvalue weighted by Gasteiger charge is -2.51. The Kier molecular flexibility index (Phi) is 4.05. The molecule has 5 nitrogen and oxygen atoms in total. The Hall–Kier alpha value is -2.47. The maximum absolute atomic E-state index is 13.4. The number of halogens is 1. The maximum Gasteiger partial charge on any atom is 0.410 e. The summed E-state index contributed by atoms with van der Waals surface area (Å²) in [6.45, 7) is 6.98. The molecule has 4 bridgehead atoms. The molecular formula is C22H27FN3O2+. The highest BCUT2D eigenvalue weighted by molar-refractivity contribution is 5.95. The summed E-state index contributed by atoms with van der Waals surface area (Å²) in [7, 11) is 0. The topological polar surface area (TPSA) is 41.9 Å². The van der Waals surface area contributed by atoms with Crippen LogP contribution in [-0.2, 0) is 4.74 Å². The Morgan fingerprint density at radius 2 is 2.00 bits per heavy atom. The van der Waals surface area contributed by atoms with Gasteiger partial charge in [-0.15, -0.1) is 4.59 Å². The second-order valence-electron chi connectivity index (χ2n) is 8.69. The molecule has 1 aromatic rings. The maximum atomic E-state index is 13.4. The van der Waals surface area contributed by atoms with Crippen LogP contribution in [0.3, 0.4) is 0 Å². The molecular weight excluding hydrogens is 357 g/mol. The molecule has 0 aromatic heterocycles. The number of likely N-dealkylation sites (tertiary alicyclic amines) is 1. The number of piperidine rings is 1. The van der Waals surface area contributed by atoms with Crippen LogP contribution in [-0.4, -0.2) is 41.9 Å². The van der Waals surface area contributed by atoms with Crippen molar-refractivity contribution in [3.63, 3.8) is 0 Å². The minimum absolute atomic E-state index is 0. The molecule has 28 heavy (non-hydrogen) atoms. The molecule has 0 radical (unpaired) electrons. The smallest absolute Gasteiger partial charge is 0.410 e. The predicted molar refractivity (Wildman–Crippen MR) is 108 cm³/mol. The highest BCUT2D eigenvalue weighted by Crippen LogP contribution is 2.57. The average molecular weight is 384 g/mol. The van der Waals surface area contributed by atoms with Gasteiger partial charge >= 0.3 is 6.09 Å². The second kappa shape index (κ2) is 6.01. The van der Waals surface area contributed by atoms with Gasteiger partial charge in [0.05, 0.1) is 12.1 Å². The first kappa shape index (κ1) is 18.9. The molecule has 0 spiro atoms. The molecule has 0 saturated carbocycles. The third kappa shape index (κ3) is 2.47. The van der Waals surface area contributed by atoms with Gasteiger partial charge in [-0.3, -0.25) is 0 Å². The van der Waals surface area contributed by atoms with Crippen molar-refractivity contribution in [2.45, 2.75) is 46.3 Å². The minimum atomic E-state index is -0.501. The molecule has 5 heterocycles. The van der Waals surface area contributed by atoms with Crippen molar-refractivity contribution in [1.82, 2.24) is 9.49 Å². The van der Waals surface area contributed by atoms with Gasteiger partial charge in [0.2, 0.25) is 0 Å². The van der Waals surface area contributed by atoms with E-state index >= 15 is 0 Å². The van der Waals surface area contributed by atoms with Crippen LogP contribution in [0.1, 0.15) is 34.6 Å². The van der Waals surface area contributed by atoms with E-state index in [1.807, 2.05) is 44.0 Å². The standard InChI is InChI=1S/C21H23FN3O2.CH4/c1-21(2,3)27-20(26)24-9-8-13-10-18-16-11-23-25(18,19(16)17(13)12-24)15-6-4-14(22)5-7-15;/h4-7,10-11,17,19H,8-9,12H2,1-3H3;1H4/q+1;. The number of ether oxygens (including phenoxy) is 1. The van der Waals surface area contributed by atoms with Crippen molar-refractivity contribution in [3.05, 3.63) is 53.0 Å². The SMILES string of the molecule is C.CC(C)(C)OC(=O)N1CCC2=CC3=C4C=N[N+]3(c3ccc(F)cc3)C4C2C1. The number of rotatable bonds is 1. The van der Waals surface area contributed by atoms with E-state index in [9.17, 15) is 9.18 Å². The highest BCUT2D eigenvalue weighted by Gasteiger charge is 2.67. The summed E-state index contributed by atoms with van der Waals surface area (Å²) in [5.74, 6) is -0.0312. The second-order valence-corrected chi connectivity index (χ2v) is 8.69. The van der Waals surface area contributed by atoms with Gasteiger partial charge in [0.15, 0.2) is 17.4 Å². The summed E-state index contributed by atoms with van der Waals surface area (Å²) in [6, 6.07) is 6.78. The quantitative estimate of drug-likeness (QED) is 0.664. The molecule has 1 aliphatic carbocycles. The normalized spacial score (nSPS) is 29.6. The van der Waals surface area contributed by atoms with E-state index in [-0.39, 0.29) is 31.3 Å². The summed E-state index contributed by atoms with van der Waals surface area (Å²) in [5.41, 5.74) is 4.31. The molecule has 3 atom stereocenters. The predicted octanol–water partition coefficient (Wildman–Crippen LogP) is 4.60. The van der Waals surface area contributed by atoms with Crippen molar-refractivity contribution in [3.8, 4) is 0 Å². The van der Waals surface area contributed by atoms with E-state index < -0.39 is 5.60 Å². The van der Waals surface area contributed by atoms with Crippen molar-refractivity contribution in [1.29, 1.82) is 0 Å². The van der Waals surface area contributed by atoms with Gasteiger partial charge in [-0.2, -0.15) is 0 Å². The van der Waals surface area contributed by atoms with Crippen molar-refractivity contribution in [2.24, 2.45) is 11.0 Å². The molecule has 0 N–H and O–H groups in total. The lowest BCUT2D eigenvalue weighted by Crippen LogP contribution is -2.65. The Labute approximate surface area is 165 Å². The van der Waals surface area contributed by atoms with Crippen LogP contribution in [0.15, 0.2) is 52.3 Å². The zero-order valence-corrected chi connectivity index (χ0v) is 15.8. The third-order valence-corrected chi connectivity index (χ3v) is 5.90. The fourth-order valence-electron chi connectivity index (χ4n) is 4.80. The first-order chi connectivity index (χ1) is 12.8. The molecule has 1 amide bonds. The first-order valence-corrected chi connectivity index (χ1v) is 9.43. The molecule has 1 fully saturated rings. The van der Waals surface area contributed by atoms with Crippen molar-refractivity contribution < 1.29 is 13.9 Å². The molecule has 148 valence electrons. The lowest BCUT2D eigenvalue weighted by molar-refractivity contribution is 0.0162. The summed E-state index contributed by atoms with van der Waals surface area (Å²) in [4.78, 5) is 14.4. The van der Waals surface area contributed by atoms with Crippen LogP contribution >= 0.6 is 0 Å².